The van der Waals surface area contributed by atoms with E-state index in [2.05, 4.69) is 18.3 Å². The van der Waals surface area contributed by atoms with Crippen LogP contribution in [0.5, 0.6) is 5.75 Å². The van der Waals surface area contributed by atoms with Crippen molar-refractivity contribution in [2.75, 3.05) is 13.7 Å². The molecular weight excluding hydrogens is 214 g/mol. The van der Waals surface area contributed by atoms with E-state index in [-0.39, 0.29) is 12.1 Å². The van der Waals surface area contributed by atoms with Crippen LogP contribution < -0.4 is 10.1 Å². The number of nitrogens with one attached hydrogen (secondary N) is 1. The van der Waals surface area contributed by atoms with E-state index < -0.39 is 0 Å². The smallest absolute Gasteiger partial charge is 0.123 e. The van der Waals surface area contributed by atoms with E-state index in [9.17, 15) is 5.11 Å². The van der Waals surface area contributed by atoms with Gasteiger partial charge in [-0.25, -0.2) is 0 Å². The second-order valence-corrected chi connectivity index (χ2v) is 4.27. The zero-order valence-electron chi connectivity index (χ0n) is 10.9. The Balaban J connectivity index is 2.49. The van der Waals surface area contributed by atoms with Gasteiger partial charge >= 0.3 is 0 Å². The lowest BCUT2D eigenvalue weighted by Gasteiger charge is -2.18. The fourth-order valence-corrected chi connectivity index (χ4v) is 1.80. The Bertz CT molecular complexity index is 328. The molecule has 2 atom stereocenters. The number of methoxy groups -OCH3 is 1. The van der Waals surface area contributed by atoms with Gasteiger partial charge in [-0.3, -0.25) is 0 Å². The molecule has 0 radical (unpaired) electrons. The fraction of sp³-hybridized carbons (Fsp3) is 0.571. The van der Waals surface area contributed by atoms with E-state index in [0.29, 0.717) is 0 Å². The molecule has 0 saturated carbocycles. The standard InChI is InChI=1S/C14H23NO2/c1-4-12(16)9-10-15-11(2)13-7-5-6-8-14(13)17-3/h5-8,11-12,15-16H,4,9-10H2,1-3H3. The molecule has 2 unspecified atom stereocenters. The van der Waals surface area contributed by atoms with Crippen LogP contribution in [0, 0.1) is 0 Å². The lowest BCUT2D eigenvalue weighted by Crippen LogP contribution is -2.23. The van der Waals surface area contributed by atoms with Gasteiger partial charge in [0.2, 0.25) is 0 Å². The number of benzene rings is 1. The van der Waals surface area contributed by atoms with Gasteiger partial charge in [-0.15, -0.1) is 0 Å². The molecule has 17 heavy (non-hydrogen) atoms. The first-order valence-electron chi connectivity index (χ1n) is 6.23. The Labute approximate surface area is 104 Å². The van der Waals surface area contributed by atoms with Crippen molar-refractivity contribution in [3.63, 3.8) is 0 Å². The van der Waals surface area contributed by atoms with Crippen molar-refractivity contribution in [1.29, 1.82) is 0 Å². The summed E-state index contributed by atoms with van der Waals surface area (Å²) in [6, 6.07) is 8.24. The molecule has 3 nitrogen and oxygen atoms in total. The molecule has 0 aliphatic carbocycles. The maximum atomic E-state index is 9.48. The molecule has 1 rings (SSSR count). The minimum atomic E-state index is -0.202. The van der Waals surface area contributed by atoms with Crippen LogP contribution in [0.1, 0.15) is 38.3 Å². The Morgan fingerprint density at radius 2 is 2.06 bits per heavy atom. The van der Waals surface area contributed by atoms with Crippen LogP contribution in [0.3, 0.4) is 0 Å². The van der Waals surface area contributed by atoms with Crippen molar-refractivity contribution in [2.45, 2.75) is 38.8 Å². The highest BCUT2D eigenvalue weighted by Crippen LogP contribution is 2.24. The minimum Gasteiger partial charge on any atom is -0.496 e. The van der Waals surface area contributed by atoms with E-state index in [1.165, 1.54) is 0 Å². The first kappa shape index (κ1) is 14.0. The first-order valence-corrected chi connectivity index (χ1v) is 6.23. The van der Waals surface area contributed by atoms with Gasteiger partial charge < -0.3 is 15.2 Å². The van der Waals surface area contributed by atoms with Crippen LogP contribution in [0.4, 0.5) is 0 Å². The number of para-hydroxylation sites is 1. The van der Waals surface area contributed by atoms with Gasteiger partial charge in [0.25, 0.3) is 0 Å². The second kappa shape index (κ2) is 7.30. The average Bonchev–Trinajstić information content (AvgIpc) is 2.38. The summed E-state index contributed by atoms with van der Waals surface area (Å²) < 4.78 is 5.33. The number of rotatable bonds is 7. The van der Waals surface area contributed by atoms with Crippen LogP contribution >= 0.6 is 0 Å². The molecule has 0 saturated heterocycles. The highest BCUT2D eigenvalue weighted by atomic mass is 16.5. The molecule has 0 fully saturated rings. The summed E-state index contributed by atoms with van der Waals surface area (Å²) in [4.78, 5) is 0. The van der Waals surface area contributed by atoms with Crippen LogP contribution in [-0.4, -0.2) is 24.9 Å². The Hall–Kier alpha value is -1.06. The summed E-state index contributed by atoms with van der Waals surface area (Å²) >= 11 is 0. The van der Waals surface area contributed by atoms with Crippen molar-refractivity contribution in [1.82, 2.24) is 5.32 Å². The van der Waals surface area contributed by atoms with E-state index in [1.807, 2.05) is 25.1 Å². The Kier molecular flexibility index (Phi) is 6.01. The van der Waals surface area contributed by atoms with Crippen LogP contribution in [0.2, 0.25) is 0 Å². The van der Waals surface area contributed by atoms with Crippen molar-refractivity contribution in [2.24, 2.45) is 0 Å². The van der Waals surface area contributed by atoms with E-state index in [1.54, 1.807) is 7.11 Å². The molecule has 96 valence electrons. The summed E-state index contributed by atoms with van der Waals surface area (Å²) in [7, 11) is 1.69. The van der Waals surface area contributed by atoms with Gasteiger partial charge in [0.05, 0.1) is 13.2 Å². The van der Waals surface area contributed by atoms with Gasteiger partial charge in [-0.2, -0.15) is 0 Å². The van der Waals surface area contributed by atoms with Crippen molar-refractivity contribution in [3.05, 3.63) is 29.8 Å². The van der Waals surface area contributed by atoms with Gasteiger partial charge in [-0.05, 0) is 32.4 Å². The lowest BCUT2D eigenvalue weighted by molar-refractivity contribution is 0.158. The lowest BCUT2D eigenvalue weighted by atomic mass is 10.1. The quantitative estimate of drug-likeness (QED) is 0.765. The molecule has 1 aromatic carbocycles. The van der Waals surface area contributed by atoms with Crippen molar-refractivity contribution in [3.8, 4) is 5.75 Å². The van der Waals surface area contributed by atoms with Gasteiger partial charge in [0.15, 0.2) is 0 Å². The maximum Gasteiger partial charge on any atom is 0.123 e. The molecule has 0 heterocycles. The second-order valence-electron chi connectivity index (χ2n) is 4.27. The van der Waals surface area contributed by atoms with Gasteiger partial charge in [-0.1, -0.05) is 25.1 Å². The molecule has 1 aromatic rings. The van der Waals surface area contributed by atoms with Crippen LogP contribution in [0.25, 0.3) is 0 Å². The highest BCUT2D eigenvalue weighted by molar-refractivity contribution is 5.35. The topological polar surface area (TPSA) is 41.5 Å². The van der Waals surface area contributed by atoms with Crippen molar-refractivity contribution >= 4 is 0 Å². The normalized spacial score (nSPS) is 14.4. The van der Waals surface area contributed by atoms with E-state index in [4.69, 9.17) is 4.74 Å². The number of hydrogen-bond acceptors (Lipinski definition) is 3. The zero-order chi connectivity index (χ0) is 12.7. The van der Waals surface area contributed by atoms with E-state index in [0.717, 1.165) is 30.7 Å². The number of ether oxygens (including phenoxy) is 1. The monoisotopic (exact) mass is 237 g/mol. The summed E-state index contributed by atoms with van der Waals surface area (Å²) in [5.41, 5.74) is 1.15. The number of aliphatic hydroxyl groups excluding tert-OH is 1. The zero-order valence-corrected chi connectivity index (χ0v) is 10.9. The predicted molar refractivity (Wildman–Crippen MR) is 70.3 cm³/mol. The largest absolute Gasteiger partial charge is 0.496 e. The molecule has 0 aliphatic heterocycles. The molecule has 0 spiro atoms. The predicted octanol–water partition coefficient (Wildman–Crippen LogP) is 2.51. The van der Waals surface area contributed by atoms with Crippen LogP contribution in [-0.2, 0) is 0 Å². The Morgan fingerprint density at radius 3 is 2.71 bits per heavy atom. The summed E-state index contributed by atoms with van der Waals surface area (Å²) in [5.74, 6) is 0.906. The average molecular weight is 237 g/mol. The summed E-state index contributed by atoms with van der Waals surface area (Å²) in [6.07, 6.45) is 1.40. The SMILES string of the molecule is CCC(O)CCNC(C)c1ccccc1OC. The Morgan fingerprint density at radius 1 is 1.35 bits per heavy atom. The van der Waals surface area contributed by atoms with Gasteiger partial charge in [0, 0.05) is 11.6 Å². The highest BCUT2D eigenvalue weighted by Gasteiger charge is 2.10. The maximum absolute atomic E-state index is 9.48. The summed E-state index contributed by atoms with van der Waals surface area (Å²) in [5, 5.41) is 12.9. The number of hydrogen-bond donors (Lipinski definition) is 2. The third-order valence-corrected chi connectivity index (χ3v) is 3.00. The molecule has 3 heteroatoms. The van der Waals surface area contributed by atoms with Crippen LogP contribution in [0.15, 0.2) is 24.3 Å². The molecule has 0 aliphatic rings. The summed E-state index contributed by atoms with van der Waals surface area (Å²) in [6.45, 7) is 4.92. The fourth-order valence-electron chi connectivity index (χ4n) is 1.80. The third kappa shape index (κ3) is 4.36. The molecule has 2 N–H and O–H groups in total. The first-order chi connectivity index (χ1) is 8.19. The number of aliphatic hydroxyl groups is 1. The van der Waals surface area contributed by atoms with Gasteiger partial charge in [0.1, 0.15) is 5.75 Å². The third-order valence-electron chi connectivity index (χ3n) is 3.00. The molecule has 0 aromatic heterocycles. The molecule has 0 bridgehead atoms. The van der Waals surface area contributed by atoms with E-state index >= 15 is 0 Å². The molecular formula is C14H23NO2. The minimum absolute atomic E-state index is 0.202. The van der Waals surface area contributed by atoms with Crippen molar-refractivity contribution < 1.29 is 9.84 Å². The molecule has 0 amide bonds.